The van der Waals surface area contributed by atoms with E-state index in [1.807, 2.05) is 30.3 Å². The average molecular weight is 374 g/mol. The summed E-state index contributed by atoms with van der Waals surface area (Å²) in [7, 11) is 0. The zero-order chi connectivity index (χ0) is 16.1. The predicted octanol–water partition coefficient (Wildman–Crippen LogP) is 4.58. The first-order valence-electron chi connectivity index (χ1n) is 7.95. The molecule has 0 spiro atoms. The van der Waals surface area contributed by atoms with Crippen LogP contribution in [0.15, 0.2) is 47.2 Å². The lowest BCUT2D eigenvalue weighted by atomic mass is 10.1. The van der Waals surface area contributed by atoms with Crippen LogP contribution in [0.4, 0.5) is 11.4 Å². The van der Waals surface area contributed by atoms with E-state index < -0.39 is 0 Å². The smallest absolute Gasteiger partial charge is 0.227 e. The Balaban J connectivity index is 1.59. The van der Waals surface area contributed by atoms with Gasteiger partial charge in [-0.15, -0.1) is 0 Å². The van der Waals surface area contributed by atoms with E-state index >= 15 is 0 Å². The van der Waals surface area contributed by atoms with E-state index in [1.54, 1.807) is 12.4 Å². The van der Waals surface area contributed by atoms with Crippen molar-refractivity contribution < 1.29 is 4.79 Å². The second-order valence-electron chi connectivity index (χ2n) is 5.92. The van der Waals surface area contributed by atoms with Crippen molar-refractivity contribution in [3.05, 3.63) is 52.8 Å². The van der Waals surface area contributed by atoms with Crippen molar-refractivity contribution in [2.75, 3.05) is 10.6 Å². The maximum Gasteiger partial charge on any atom is 0.227 e. The number of amides is 1. The number of pyridine rings is 1. The lowest BCUT2D eigenvalue weighted by Gasteiger charge is -2.12. The molecule has 1 aromatic heterocycles. The van der Waals surface area contributed by atoms with Crippen LogP contribution < -0.4 is 10.6 Å². The van der Waals surface area contributed by atoms with E-state index in [-0.39, 0.29) is 11.8 Å². The minimum absolute atomic E-state index is 0.156. The van der Waals surface area contributed by atoms with E-state index in [4.69, 9.17) is 0 Å². The number of benzene rings is 1. The van der Waals surface area contributed by atoms with Gasteiger partial charge >= 0.3 is 0 Å². The van der Waals surface area contributed by atoms with Crippen molar-refractivity contribution in [1.82, 2.24) is 4.98 Å². The molecular formula is C18H20BrN3O. The molecular weight excluding hydrogens is 354 g/mol. The van der Waals surface area contributed by atoms with Gasteiger partial charge in [-0.05, 0) is 52.5 Å². The average Bonchev–Trinajstić information content (AvgIpc) is 3.08. The molecule has 0 saturated heterocycles. The van der Waals surface area contributed by atoms with Crippen molar-refractivity contribution in [2.24, 2.45) is 5.92 Å². The zero-order valence-corrected chi connectivity index (χ0v) is 14.5. The Labute approximate surface area is 144 Å². The summed E-state index contributed by atoms with van der Waals surface area (Å²) in [6.07, 6.45) is 7.91. The van der Waals surface area contributed by atoms with Gasteiger partial charge in [0.2, 0.25) is 5.91 Å². The molecule has 1 amide bonds. The van der Waals surface area contributed by atoms with Crippen LogP contribution >= 0.6 is 15.9 Å². The van der Waals surface area contributed by atoms with E-state index in [2.05, 4.69) is 31.5 Å². The summed E-state index contributed by atoms with van der Waals surface area (Å²) >= 11 is 3.41. The van der Waals surface area contributed by atoms with Crippen LogP contribution in [-0.2, 0) is 11.3 Å². The quantitative estimate of drug-likeness (QED) is 0.805. The van der Waals surface area contributed by atoms with Gasteiger partial charge in [0.05, 0.1) is 11.9 Å². The number of aromatic nitrogens is 1. The third-order valence-corrected chi connectivity index (χ3v) is 4.56. The SMILES string of the molecule is O=C(Nc1cccc(CNc2cncc(Br)c2)c1)C1CCCC1. The minimum atomic E-state index is 0.156. The van der Waals surface area contributed by atoms with Crippen LogP contribution in [0, 0.1) is 5.92 Å². The molecule has 1 heterocycles. The van der Waals surface area contributed by atoms with E-state index in [9.17, 15) is 4.79 Å². The molecule has 0 bridgehead atoms. The molecule has 23 heavy (non-hydrogen) atoms. The molecule has 120 valence electrons. The Bertz CT molecular complexity index is 683. The summed E-state index contributed by atoms with van der Waals surface area (Å²) in [5, 5.41) is 6.38. The fourth-order valence-corrected chi connectivity index (χ4v) is 3.27. The molecule has 5 heteroatoms. The molecule has 1 saturated carbocycles. The number of nitrogens with one attached hydrogen (secondary N) is 2. The summed E-state index contributed by atoms with van der Waals surface area (Å²) in [6.45, 7) is 0.686. The van der Waals surface area contributed by atoms with Crippen LogP contribution in [0.2, 0.25) is 0 Å². The van der Waals surface area contributed by atoms with Crippen LogP contribution in [-0.4, -0.2) is 10.9 Å². The maximum absolute atomic E-state index is 12.2. The van der Waals surface area contributed by atoms with Crippen molar-refractivity contribution in [2.45, 2.75) is 32.2 Å². The number of hydrogen-bond donors (Lipinski definition) is 2. The first-order chi connectivity index (χ1) is 11.2. The summed E-state index contributed by atoms with van der Waals surface area (Å²) in [5.74, 6) is 0.341. The molecule has 1 fully saturated rings. The third kappa shape index (κ3) is 4.55. The van der Waals surface area contributed by atoms with Gasteiger partial charge < -0.3 is 10.6 Å². The topological polar surface area (TPSA) is 54.0 Å². The molecule has 1 aromatic carbocycles. The molecule has 0 unspecified atom stereocenters. The molecule has 2 N–H and O–H groups in total. The number of nitrogens with zero attached hydrogens (tertiary/aromatic N) is 1. The van der Waals surface area contributed by atoms with Crippen molar-refractivity contribution in [3.8, 4) is 0 Å². The first-order valence-corrected chi connectivity index (χ1v) is 8.74. The molecule has 1 aliphatic carbocycles. The van der Waals surface area contributed by atoms with Crippen molar-refractivity contribution in [3.63, 3.8) is 0 Å². The standard InChI is InChI=1S/C18H20BrN3O/c19-15-9-17(12-20-11-15)21-10-13-4-3-7-16(8-13)22-18(23)14-5-1-2-6-14/h3-4,7-9,11-12,14,21H,1-2,5-6,10H2,(H,22,23). The fourth-order valence-electron chi connectivity index (χ4n) is 2.90. The van der Waals surface area contributed by atoms with E-state index in [0.717, 1.165) is 34.3 Å². The Morgan fingerprint density at radius 1 is 1.17 bits per heavy atom. The van der Waals surface area contributed by atoms with Crippen LogP contribution in [0.3, 0.4) is 0 Å². The number of halogens is 1. The maximum atomic E-state index is 12.2. The Hall–Kier alpha value is -1.88. The van der Waals surface area contributed by atoms with Gasteiger partial charge in [0.15, 0.2) is 0 Å². The highest BCUT2D eigenvalue weighted by Crippen LogP contribution is 2.26. The number of anilines is 2. The van der Waals surface area contributed by atoms with Gasteiger partial charge in [-0.2, -0.15) is 0 Å². The molecule has 4 nitrogen and oxygen atoms in total. The molecule has 3 rings (SSSR count). The van der Waals surface area contributed by atoms with Crippen LogP contribution in [0.5, 0.6) is 0 Å². The third-order valence-electron chi connectivity index (χ3n) is 4.12. The second-order valence-corrected chi connectivity index (χ2v) is 6.83. The Morgan fingerprint density at radius 3 is 2.78 bits per heavy atom. The lowest BCUT2D eigenvalue weighted by Crippen LogP contribution is -2.20. The summed E-state index contributed by atoms with van der Waals surface area (Å²) in [6, 6.07) is 9.96. The van der Waals surface area contributed by atoms with Crippen molar-refractivity contribution in [1.29, 1.82) is 0 Å². The van der Waals surface area contributed by atoms with Gasteiger partial charge in [0, 0.05) is 28.8 Å². The fraction of sp³-hybridized carbons (Fsp3) is 0.333. The van der Waals surface area contributed by atoms with Crippen LogP contribution in [0.25, 0.3) is 0 Å². The van der Waals surface area contributed by atoms with Gasteiger partial charge in [-0.1, -0.05) is 25.0 Å². The highest BCUT2D eigenvalue weighted by Gasteiger charge is 2.22. The molecule has 1 aliphatic rings. The van der Waals surface area contributed by atoms with Crippen LogP contribution in [0.1, 0.15) is 31.2 Å². The normalized spacial score (nSPS) is 14.7. The van der Waals surface area contributed by atoms with E-state index in [0.29, 0.717) is 6.54 Å². The predicted molar refractivity (Wildman–Crippen MR) is 96.3 cm³/mol. The van der Waals surface area contributed by atoms with Gasteiger partial charge in [0.25, 0.3) is 0 Å². The van der Waals surface area contributed by atoms with Gasteiger partial charge in [-0.3, -0.25) is 9.78 Å². The van der Waals surface area contributed by atoms with Gasteiger partial charge in [0.1, 0.15) is 0 Å². The highest BCUT2D eigenvalue weighted by molar-refractivity contribution is 9.10. The minimum Gasteiger partial charge on any atom is -0.380 e. The number of carbonyl (C=O) groups excluding carboxylic acids is 1. The number of hydrogen-bond acceptors (Lipinski definition) is 3. The molecule has 0 atom stereocenters. The Kier molecular flexibility index (Phi) is 5.28. The van der Waals surface area contributed by atoms with Gasteiger partial charge in [-0.25, -0.2) is 0 Å². The molecule has 0 radical (unpaired) electrons. The zero-order valence-electron chi connectivity index (χ0n) is 12.9. The monoisotopic (exact) mass is 373 g/mol. The number of carbonyl (C=O) groups is 1. The molecule has 2 aromatic rings. The lowest BCUT2D eigenvalue weighted by molar-refractivity contribution is -0.119. The first kappa shape index (κ1) is 16.0. The summed E-state index contributed by atoms with van der Waals surface area (Å²) < 4.78 is 0.945. The summed E-state index contributed by atoms with van der Waals surface area (Å²) in [5.41, 5.74) is 2.95. The second kappa shape index (κ2) is 7.59. The molecule has 0 aliphatic heterocycles. The van der Waals surface area contributed by atoms with Crippen molar-refractivity contribution >= 4 is 33.2 Å². The number of rotatable bonds is 5. The summed E-state index contributed by atoms with van der Waals surface area (Å²) in [4.78, 5) is 16.3. The largest absolute Gasteiger partial charge is 0.380 e. The highest BCUT2D eigenvalue weighted by atomic mass is 79.9. The van der Waals surface area contributed by atoms with E-state index in [1.165, 1.54) is 12.8 Å². The Morgan fingerprint density at radius 2 is 2.00 bits per heavy atom.